The van der Waals surface area contributed by atoms with Crippen molar-refractivity contribution in [2.24, 2.45) is 11.1 Å². The van der Waals surface area contributed by atoms with Crippen LogP contribution in [-0.2, 0) is 9.53 Å². The van der Waals surface area contributed by atoms with Gasteiger partial charge in [-0.1, -0.05) is 20.3 Å². The Morgan fingerprint density at radius 2 is 2.33 bits per heavy atom. The van der Waals surface area contributed by atoms with Crippen molar-refractivity contribution >= 4 is 5.91 Å². The summed E-state index contributed by atoms with van der Waals surface area (Å²) < 4.78 is 5.09. The Bertz CT molecular complexity index is 217. The lowest BCUT2D eigenvalue weighted by molar-refractivity contribution is -0.126. The molecule has 0 aliphatic heterocycles. The molecule has 1 saturated carbocycles. The maximum absolute atomic E-state index is 11.5. The number of hydrogen-bond acceptors (Lipinski definition) is 3. The lowest BCUT2D eigenvalue weighted by Gasteiger charge is -2.27. The van der Waals surface area contributed by atoms with Gasteiger partial charge in [-0.25, -0.2) is 0 Å². The fourth-order valence-corrected chi connectivity index (χ4v) is 2.08. The molecule has 1 atom stereocenters. The van der Waals surface area contributed by atoms with Crippen LogP contribution in [0.25, 0.3) is 0 Å². The minimum atomic E-state index is -0.0246. The van der Waals surface area contributed by atoms with Crippen molar-refractivity contribution in [2.75, 3.05) is 19.8 Å². The van der Waals surface area contributed by atoms with E-state index in [1.54, 1.807) is 0 Å². The number of amides is 1. The minimum absolute atomic E-state index is 0.0246. The molecule has 4 nitrogen and oxygen atoms in total. The van der Waals surface area contributed by atoms with Crippen molar-refractivity contribution in [3.63, 3.8) is 0 Å². The van der Waals surface area contributed by atoms with E-state index in [2.05, 4.69) is 19.2 Å². The summed E-state index contributed by atoms with van der Waals surface area (Å²) in [5, 5.41) is 3.02. The Morgan fingerprint density at radius 1 is 1.60 bits per heavy atom. The maximum atomic E-state index is 11.5. The van der Waals surface area contributed by atoms with Gasteiger partial charge >= 0.3 is 0 Å². The molecule has 0 bridgehead atoms. The highest BCUT2D eigenvalue weighted by molar-refractivity contribution is 5.77. The van der Waals surface area contributed by atoms with Gasteiger partial charge in [-0.2, -0.15) is 0 Å². The third kappa shape index (κ3) is 3.80. The molecule has 15 heavy (non-hydrogen) atoms. The lowest BCUT2D eigenvalue weighted by atomic mass is 9.87. The third-order valence-electron chi connectivity index (χ3n) is 3.09. The van der Waals surface area contributed by atoms with Crippen LogP contribution in [0.15, 0.2) is 0 Å². The van der Waals surface area contributed by atoms with Crippen molar-refractivity contribution in [3.8, 4) is 0 Å². The molecule has 1 rings (SSSR count). The van der Waals surface area contributed by atoms with Crippen LogP contribution in [-0.4, -0.2) is 31.7 Å². The van der Waals surface area contributed by atoms with Crippen LogP contribution in [0.5, 0.6) is 0 Å². The Balaban J connectivity index is 2.25. The Hall–Kier alpha value is -0.610. The summed E-state index contributed by atoms with van der Waals surface area (Å²) in [4.78, 5) is 11.5. The fraction of sp³-hybridized carbons (Fsp3) is 0.909. The molecular formula is C11H22N2O2. The molecule has 0 aromatic rings. The van der Waals surface area contributed by atoms with Crippen LogP contribution >= 0.6 is 0 Å². The number of carbonyl (C=O) groups excluding carboxylic acids is 1. The second kappa shape index (κ2) is 5.47. The van der Waals surface area contributed by atoms with Gasteiger partial charge in [0.1, 0.15) is 6.61 Å². The Kier molecular flexibility index (Phi) is 4.54. The first kappa shape index (κ1) is 12.5. The van der Waals surface area contributed by atoms with E-state index in [-0.39, 0.29) is 17.9 Å². The molecule has 1 fully saturated rings. The number of nitrogens with one attached hydrogen (secondary N) is 1. The van der Waals surface area contributed by atoms with Gasteiger partial charge < -0.3 is 15.8 Å². The van der Waals surface area contributed by atoms with Crippen LogP contribution in [0.1, 0.15) is 33.1 Å². The van der Waals surface area contributed by atoms with Crippen LogP contribution in [0.2, 0.25) is 0 Å². The van der Waals surface area contributed by atoms with E-state index < -0.39 is 0 Å². The first-order valence-electron chi connectivity index (χ1n) is 5.63. The van der Waals surface area contributed by atoms with Crippen molar-refractivity contribution in [2.45, 2.75) is 39.2 Å². The summed E-state index contributed by atoms with van der Waals surface area (Å²) in [6, 6.07) is 0.298. The van der Waals surface area contributed by atoms with Crippen LogP contribution < -0.4 is 11.1 Å². The van der Waals surface area contributed by atoms with Gasteiger partial charge in [0.05, 0.1) is 6.61 Å². The number of rotatable bonds is 5. The normalized spacial score (nSPS) is 24.1. The average Bonchev–Trinajstić information content (AvgIpc) is 2.46. The molecule has 1 amide bonds. The van der Waals surface area contributed by atoms with Gasteiger partial charge in [0.25, 0.3) is 0 Å². The molecule has 1 aliphatic carbocycles. The largest absolute Gasteiger partial charge is 0.370 e. The molecule has 1 unspecified atom stereocenters. The standard InChI is InChI=1S/C11H22N2O2/c1-11(2)5-3-4-9(11)13-10(14)8-15-7-6-12/h9H,3-8,12H2,1-2H3,(H,13,14). The highest BCUT2D eigenvalue weighted by Gasteiger charge is 2.35. The van der Waals surface area contributed by atoms with Gasteiger partial charge in [0, 0.05) is 12.6 Å². The molecule has 4 heteroatoms. The molecule has 0 aromatic carbocycles. The molecule has 0 saturated heterocycles. The fourth-order valence-electron chi connectivity index (χ4n) is 2.08. The van der Waals surface area contributed by atoms with E-state index in [9.17, 15) is 4.79 Å². The number of ether oxygens (including phenoxy) is 1. The first-order chi connectivity index (χ1) is 7.06. The summed E-state index contributed by atoms with van der Waals surface area (Å²) in [6.07, 6.45) is 3.46. The van der Waals surface area contributed by atoms with Crippen molar-refractivity contribution in [1.29, 1.82) is 0 Å². The van der Waals surface area contributed by atoms with Gasteiger partial charge in [0.2, 0.25) is 5.91 Å². The molecule has 0 radical (unpaired) electrons. The molecule has 1 aliphatic rings. The second-order valence-electron chi connectivity index (χ2n) is 4.84. The average molecular weight is 214 g/mol. The highest BCUT2D eigenvalue weighted by atomic mass is 16.5. The zero-order valence-electron chi connectivity index (χ0n) is 9.71. The van der Waals surface area contributed by atoms with Crippen LogP contribution in [0, 0.1) is 5.41 Å². The first-order valence-corrected chi connectivity index (χ1v) is 5.63. The number of hydrogen-bond donors (Lipinski definition) is 2. The summed E-state index contributed by atoms with van der Waals surface area (Å²) in [6.45, 7) is 5.44. The predicted octanol–water partition coefficient (Wildman–Crippen LogP) is 0.657. The molecule has 88 valence electrons. The molecule has 0 heterocycles. The summed E-state index contributed by atoms with van der Waals surface area (Å²) in [5.41, 5.74) is 5.49. The van der Waals surface area contributed by atoms with E-state index in [4.69, 9.17) is 10.5 Å². The third-order valence-corrected chi connectivity index (χ3v) is 3.09. The predicted molar refractivity (Wildman–Crippen MR) is 59.4 cm³/mol. The monoisotopic (exact) mass is 214 g/mol. The van der Waals surface area contributed by atoms with Crippen LogP contribution in [0.3, 0.4) is 0 Å². The highest BCUT2D eigenvalue weighted by Crippen LogP contribution is 2.36. The van der Waals surface area contributed by atoms with E-state index in [1.165, 1.54) is 12.8 Å². The summed E-state index contributed by atoms with van der Waals surface area (Å²) >= 11 is 0. The van der Waals surface area contributed by atoms with Gasteiger partial charge in [0.15, 0.2) is 0 Å². The SMILES string of the molecule is CC1(C)CCCC1NC(=O)COCCN. The Morgan fingerprint density at radius 3 is 2.87 bits per heavy atom. The molecule has 0 spiro atoms. The molecular weight excluding hydrogens is 192 g/mol. The van der Waals surface area contributed by atoms with Gasteiger partial charge in [-0.15, -0.1) is 0 Å². The molecule has 0 aromatic heterocycles. The second-order valence-corrected chi connectivity index (χ2v) is 4.84. The summed E-state index contributed by atoms with van der Waals surface area (Å²) in [7, 11) is 0. The smallest absolute Gasteiger partial charge is 0.246 e. The summed E-state index contributed by atoms with van der Waals surface area (Å²) in [5.74, 6) is -0.0246. The molecule has 3 N–H and O–H groups in total. The van der Waals surface area contributed by atoms with E-state index in [0.29, 0.717) is 19.2 Å². The topological polar surface area (TPSA) is 64.3 Å². The van der Waals surface area contributed by atoms with Crippen LogP contribution in [0.4, 0.5) is 0 Å². The number of carbonyl (C=O) groups is 1. The zero-order chi connectivity index (χ0) is 11.3. The van der Waals surface area contributed by atoms with Crippen molar-refractivity contribution in [3.05, 3.63) is 0 Å². The quantitative estimate of drug-likeness (QED) is 0.661. The van der Waals surface area contributed by atoms with E-state index in [0.717, 1.165) is 6.42 Å². The zero-order valence-corrected chi connectivity index (χ0v) is 9.71. The van der Waals surface area contributed by atoms with Crippen molar-refractivity contribution < 1.29 is 9.53 Å². The van der Waals surface area contributed by atoms with Crippen molar-refractivity contribution in [1.82, 2.24) is 5.32 Å². The maximum Gasteiger partial charge on any atom is 0.246 e. The minimum Gasteiger partial charge on any atom is -0.370 e. The number of nitrogens with two attached hydrogens (primary N) is 1. The van der Waals surface area contributed by atoms with E-state index in [1.807, 2.05) is 0 Å². The van der Waals surface area contributed by atoms with E-state index >= 15 is 0 Å². The lowest BCUT2D eigenvalue weighted by Crippen LogP contribution is -2.43. The van der Waals surface area contributed by atoms with Gasteiger partial charge in [-0.05, 0) is 18.3 Å². The Labute approximate surface area is 91.5 Å². The van der Waals surface area contributed by atoms with Gasteiger partial charge in [-0.3, -0.25) is 4.79 Å².